The number of H-pyrrole nitrogens is 1. The van der Waals surface area contributed by atoms with Gasteiger partial charge in [0.25, 0.3) is 0 Å². The number of methoxy groups -OCH3 is 1. The average Bonchev–Trinajstić information content (AvgIpc) is 3.58. The zero-order valence-electron chi connectivity index (χ0n) is 27.5. The average molecular weight is 666 g/mol. The summed E-state index contributed by atoms with van der Waals surface area (Å²) < 4.78 is 18.3. The number of allylic oxidation sites excluding steroid dienone is 1. The molecule has 250 valence electrons. The van der Waals surface area contributed by atoms with Crippen molar-refractivity contribution in [2.24, 2.45) is 0 Å². The van der Waals surface area contributed by atoms with Gasteiger partial charge in [-0.3, -0.25) is 4.79 Å². The smallest absolute Gasteiger partial charge is 0.323 e. The van der Waals surface area contributed by atoms with E-state index >= 15 is 0 Å². The van der Waals surface area contributed by atoms with E-state index in [1.807, 2.05) is 121 Å². The van der Waals surface area contributed by atoms with Gasteiger partial charge in [0, 0.05) is 34.6 Å². The van der Waals surface area contributed by atoms with Crippen molar-refractivity contribution in [1.29, 1.82) is 0 Å². The van der Waals surface area contributed by atoms with Gasteiger partial charge in [-0.2, -0.15) is 0 Å². The van der Waals surface area contributed by atoms with Crippen molar-refractivity contribution >= 4 is 22.3 Å². The largest absolute Gasteiger partial charge is 0.493 e. The zero-order chi connectivity index (χ0) is 34.5. The number of nitrogens with one attached hydrogen (secondary N) is 1. The van der Waals surface area contributed by atoms with Gasteiger partial charge in [0.1, 0.15) is 32.1 Å². The van der Waals surface area contributed by atoms with Crippen molar-refractivity contribution in [2.45, 2.75) is 26.2 Å². The second-order valence-electron chi connectivity index (χ2n) is 12.1. The van der Waals surface area contributed by atoms with Crippen LogP contribution in [0.2, 0.25) is 0 Å². The number of hydrogen-bond acceptors (Lipinski definition) is 7. The first kappa shape index (κ1) is 32.2. The van der Waals surface area contributed by atoms with Crippen LogP contribution in [0.25, 0.3) is 16.5 Å². The van der Waals surface area contributed by atoms with Gasteiger partial charge in [-0.05, 0) is 51.4 Å². The van der Waals surface area contributed by atoms with E-state index < -0.39 is 0 Å². The summed E-state index contributed by atoms with van der Waals surface area (Å²) in [5.74, 6) is 1.12. The molecule has 0 saturated carbocycles. The van der Waals surface area contributed by atoms with Gasteiger partial charge in [-0.15, -0.1) is 0 Å². The van der Waals surface area contributed by atoms with Crippen molar-refractivity contribution < 1.29 is 23.9 Å². The Balaban J connectivity index is 1.37. The highest BCUT2D eigenvalue weighted by Gasteiger charge is 2.36. The van der Waals surface area contributed by atoms with Gasteiger partial charge < -0.3 is 29.3 Å². The van der Waals surface area contributed by atoms with Crippen molar-refractivity contribution in [3.63, 3.8) is 0 Å². The molecule has 0 fully saturated rings. The van der Waals surface area contributed by atoms with E-state index in [0.29, 0.717) is 51.5 Å². The standard InChI is InChI=1S/C41H35N3O6/c1-48-38-22-31(17-19-36(38)49-26-29-13-7-3-8-14-29)21-32-40-37(50-27-30-15-9-4-10-16-30)20-18-34-39(40)33(23-42-34)35(45)25-43(41(32)44(46)47)24-28-11-5-2-6-12-28/h2-20,22-23,42H,21,24-27H2,1H3/b41-32+. The Hall–Kier alpha value is -6.35. The van der Waals surface area contributed by atoms with Crippen LogP contribution in [0.15, 0.2) is 133 Å². The van der Waals surface area contributed by atoms with E-state index in [1.165, 1.54) is 0 Å². The highest BCUT2D eigenvalue weighted by atomic mass is 16.6. The summed E-state index contributed by atoms with van der Waals surface area (Å²) in [6, 6.07) is 38.2. The molecule has 1 aromatic heterocycles. The number of benzene rings is 5. The molecule has 0 bridgehead atoms. The molecule has 0 radical (unpaired) electrons. The molecule has 1 aliphatic rings. The van der Waals surface area contributed by atoms with Crippen LogP contribution in [0.5, 0.6) is 17.2 Å². The third-order valence-electron chi connectivity index (χ3n) is 8.79. The first-order chi connectivity index (χ1) is 24.5. The number of ether oxygens (including phenoxy) is 3. The van der Waals surface area contributed by atoms with Crippen molar-refractivity contribution in [3.8, 4) is 17.2 Å². The molecule has 6 aromatic rings. The molecule has 0 unspecified atom stereocenters. The molecule has 9 heteroatoms. The van der Waals surface area contributed by atoms with Crippen molar-refractivity contribution in [2.75, 3.05) is 13.7 Å². The molecule has 2 heterocycles. The Morgan fingerprint density at radius 1 is 0.740 bits per heavy atom. The molecular weight excluding hydrogens is 630 g/mol. The predicted octanol–water partition coefficient (Wildman–Crippen LogP) is 8.22. The molecule has 0 amide bonds. The first-order valence-corrected chi connectivity index (χ1v) is 16.3. The summed E-state index contributed by atoms with van der Waals surface area (Å²) in [5.41, 5.74) is 5.64. The number of carbonyl (C=O) groups excluding carboxylic acids is 1. The van der Waals surface area contributed by atoms with Crippen molar-refractivity contribution in [1.82, 2.24) is 9.88 Å². The third kappa shape index (κ3) is 6.79. The number of nitro groups is 1. The molecule has 1 N–H and O–H groups in total. The lowest BCUT2D eigenvalue weighted by atomic mass is 9.90. The minimum atomic E-state index is -0.377. The second kappa shape index (κ2) is 14.4. The summed E-state index contributed by atoms with van der Waals surface area (Å²) in [5, 5.41) is 13.9. The fourth-order valence-corrected chi connectivity index (χ4v) is 6.43. The van der Waals surface area contributed by atoms with Crippen LogP contribution >= 0.6 is 0 Å². The van der Waals surface area contributed by atoms with Gasteiger partial charge >= 0.3 is 5.82 Å². The number of Topliss-reactive ketones (excluding diaryl/α,β-unsaturated/α-hetero) is 1. The number of hydrogen-bond donors (Lipinski definition) is 1. The molecule has 5 aromatic carbocycles. The lowest BCUT2D eigenvalue weighted by Crippen LogP contribution is -2.34. The number of ketones is 1. The Kier molecular flexibility index (Phi) is 9.28. The highest BCUT2D eigenvalue weighted by Crippen LogP contribution is 2.42. The Morgan fingerprint density at radius 2 is 1.34 bits per heavy atom. The fraction of sp³-hybridized carbons (Fsp3) is 0.146. The summed E-state index contributed by atoms with van der Waals surface area (Å²) in [4.78, 5) is 31.6. The minimum Gasteiger partial charge on any atom is -0.493 e. The predicted molar refractivity (Wildman–Crippen MR) is 192 cm³/mol. The van der Waals surface area contributed by atoms with Crippen LogP contribution < -0.4 is 14.2 Å². The van der Waals surface area contributed by atoms with Gasteiger partial charge in [0.05, 0.1) is 12.7 Å². The number of carbonyl (C=O) groups is 1. The fourth-order valence-electron chi connectivity index (χ4n) is 6.43. The van der Waals surface area contributed by atoms with Gasteiger partial charge in [-0.1, -0.05) is 97.1 Å². The molecule has 0 atom stereocenters. The van der Waals surface area contributed by atoms with Gasteiger partial charge in [0.15, 0.2) is 11.5 Å². The van der Waals surface area contributed by atoms with E-state index in [-0.39, 0.29) is 42.6 Å². The molecule has 0 spiro atoms. The molecule has 50 heavy (non-hydrogen) atoms. The topological polar surface area (TPSA) is 107 Å². The Bertz CT molecular complexity index is 2180. The van der Waals surface area contributed by atoms with E-state index in [1.54, 1.807) is 18.2 Å². The normalized spacial score (nSPS) is 14.3. The lowest BCUT2D eigenvalue weighted by molar-refractivity contribution is -0.445. The Labute approximate surface area is 289 Å². The van der Waals surface area contributed by atoms with Crippen LogP contribution in [0, 0.1) is 10.1 Å². The summed E-state index contributed by atoms with van der Waals surface area (Å²) in [7, 11) is 1.57. The van der Waals surface area contributed by atoms with Crippen LogP contribution in [0.3, 0.4) is 0 Å². The van der Waals surface area contributed by atoms with Crippen LogP contribution in [0.1, 0.15) is 38.2 Å². The maximum atomic E-state index is 13.9. The molecule has 1 aliphatic heterocycles. The molecule has 0 saturated heterocycles. The van der Waals surface area contributed by atoms with Crippen LogP contribution in [0.4, 0.5) is 0 Å². The highest BCUT2D eigenvalue weighted by molar-refractivity contribution is 6.13. The zero-order valence-corrected chi connectivity index (χ0v) is 27.5. The van der Waals surface area contributed by atoms with Gasteiger partial charge in [0.2, 0.25) is 5.78 Å². The van der Waals surface area contributed by atoms with E-state index in [9.17, 15) is 14.9 Å². The molecule has 7 rings (SSSR count). The second-order valence-corrected chi connectivity index (χ2v) is 12.1. The van der Waals surface area contributed by atoms with Crippen LogP contribution in [-0.4, -0.2) is 34.2 Å². The van der Waals surface area contributed by atoms with E-state index in [0.717, 1.165) is 22.3 Å². The van der Waals surface area contributed by atoms with Crippen LogP contribution in [-0.2, 0) is 26.2 Å². The van der Waals surface area contributed by atoms with E-state index in [2.05, 4.69) is 4.98 Å². The minimum absolute atomic E-state index is 0.149. The Morgan fingerprint density at radius 3 is 1.96 bits per heavy atom. The molecule has 0 aliphatic carbocycles. The first-order valence-electron chi connectivity index (χ1n) is 16.3. The van der Waals surface area contributed by atoms with E-state index in [4.69, 9.17) is 14.2 Å². The number of rotatable bonds is 12. The summed E-state index contributed by atoms with van der Waals surface area (Å²) in [6.45, 7) is 0.586. The number of nitrogens with zero attached hydrogens (tertiary/aromatic N) is 2. The SMILES string of the molecule is COc1cc(C/C2=C(\[N+](=O)[O-])N(Cc3ccccc3)CC(=O)c3c[nH]c4ccc(OCc5ccccc5)c2c34)ccc1OCc1ccccc1. The summed E-state index contributed by atoms with van der Waals surface area (Å²) in [6.07, 6.45) is 1.84. The molecular formula is C41H35N3O6. The monoisotopic (exact) mass is 665 g/mol. The maximum Gasteiger partial charge on any atom is 0.323 e. The van der Waals surface area contributed by atoms with Crippen molar-refractivity contribution in [3.05, 3.63) is 177 Å². The molecule has 9 nitrogen and oxygen atoms in total. The maximum absolute atomic E-state index is 13.9. The summed E-state index contributed by atoms with van der Waals surface area (Å²) >= 11 is 0. The third-order valence-corrected chi connectivity index (χ3v) is 8.79. The quantitative estimate of drug-likeness (QED) is 0.104. The lowest BCUT2D eigenvalue weighted by Gasteiger charge is -2.25. The number of aromatic amines is 1. The number of aromatic nitrogens is 1. The van der Waals surface area contributed by atoms with Gasteiger partial charge in [-0.25, -0.2) is 4.90 Å².